The Kier molecular flexibility index (Phi) is 7.12. The molecule has 0 saturated carbocycles. The molecular formula is C25H32N6O3. The van der Waals surface area contributed by atoms with Gasteiger partial charge in [0.1, 0.15) is 11.3 Å². The second kappa shape index (κ2) is 10.2. The molecule has 1 aliphatic heterocycles. The third-order valence-electron chi connectivity index (χ3n) is 6.46. The summed E-state index contributed by atoms with van der Waals surface area (Å²) in [5.41, 5.74) is 2.10. The number of aromatic nitrogens is 3. The number of unbranched alkanes of at least 4 members (excludes halogenated alkanes) is 1. The molecule has 0 atom stereocenters. The number of benzene rings is 1. The molecule has 9 heteroatoms. The van der Waals surface area contributed by atoms with Crippen LogP contribution in [0.25, 0.3) is 11.0 Å². The van der Waals surface area contributed by atoms with Gasteiger partial charge < -0.3 is 10.2 Å². The maximum absolute atomic E-state index is 12.5. The number of amides is 1. The van der Waals surface area contributed by atoms with Crippen molar-refractivity contribution < 1.29 is 4.79 Å². The molecule has 1 N–H and O–H groups in total. The van der Waals surface area contributed by atoms with Crippen LogP contribution in [0.4, 0.5) is 5.69 Å². The van der Waals surface area contributed by atoms with Crippen molar-refractivity contribution in [2.24, 2.45) is 14.1 Å². The number of anilines is 1. The van der Waals surface area contributed by atoms with Gasteiger partial charge >= 0.3 is 5.69 Å². The zero-order valence-electron chi connectivity index (χ0n) is 20.1. The van der Waals surface area contributed by atoms with Crippen molar-refractivity contribution in [1.82, 2.24) is 24.3 Å². The third kappa shape index (κ3) is 5.04. The zero-order chi connectivity index (χ0) is 24.2. The third-order valence-corrected chi connectivity index (χ3v) is 6.46. The standard InChI is InChI=1S/C25H32N6O3/c1-18-7-6-8-19(17-18)31-15-13-30(14-16-31)12-5-4-11-26-23(32)21-10-9-20-22(27-21)28(2)25(34)29(3)24(20)33/h6-10,17H,4-5,11-16H2,1-3H3,(H,26,32). The van der Waals surface area contributed by atoms with Gasteiger partial charge in [-0.3, -0.25) is 23.6 Å². The highest BCUT2D eigenvalue weighted by Crippen LogP contribution is 2.18. The van der Waals surface area contributed by atoms with E-state index in [1.54, 1.807) is 13.1 Å². The maximum atomic E-state index is 12.5. The van der Waals surface area contributed by atoms with Crippen molar-refractivity contribution in [3.05, 3.63) is 68.5 Å². The fraction of sp³-hybridized carbons (Fsp3) is 0.440. The molecule has 3 aromatic rings. The molecule has 1 aliphatic rings. The second-order valence-corrected chi connectivity index (χ2v) is 8.90. The SMILES string of the molecule is Cc1cccc(N2CCN(CCCCNC(=O)c3ccc4c(=O)n(C)c(=O)n(C)c4n3)CC2)c1. The number of aryl methyl sites for hydroxylation is 2. The Morgan fingerprint density at radius 1 is 1.00 bits per heavy atom. The van der Waals surface area contributed by atoms with E-state index in [9.17, 15) is 14.4 Å². The monoisotopic (exact) mass is 464 g/mol. The Balaban J connectivity index is 1.22. The minimum Gasteiger partial charge on any atom is -0.369 e. The number of fused-ring (bicyclic) bond motifs is 1. The first-order chi connectivity index (χ1) is 16.3. The van der Waals surface area contributed by atoms with Crippen LogP contribution in [0.2, 0.25) is 0 Å². The van der Waals surface area contributed by atoms with Gasteiger partial charge in [0.15, 0.2) is 0 Å². The van der Waals surface area contributed by atoms with Crippen LogP contribution < -0.4 is 21.5 Å². The van der Waals surface area contributed by atoms with E-state index in [0.29, 0.717) is 11.9 Å². The first-order valence-electron chi connectivity index (χ1n) is 11.7. The Morgan fingerprint density at radius 3 is 2.50 bits per heavy atom. The highest BCUT2D eigenvalue weighted by atomic mass is 16.2. The zero-order valence-corrected chi connectivity index (χ0v) is 20.1. The smallest absolute Gasteiger partial charge is 0.332 e. The van der Waals surface area contributed by atoms with Gasteiger partial charge in [0.05, 0.1) is 5.39 Å². The highest BCUT2D eigenvalue weighted by Gasteiger charge is 2.17. The Hall–Kier alpha value is -3.46. The van der Waals surface area contributed by atoms with Crippen molar-refractivity contribution in [1.29, 1.82) is 0 Å². The summed E-state index contributed by atoms with van der Waals surface area (Å²) in [7, 11) is 2.97. The summed E-state index contributed by atoms with van der Waals surface area (Å²) in [6, 6.07) is 11.7. The van der Waals surface area contributed by atoms with Crippen molar-refractivity contribution >= 4 is 22.6 Å². The van der Waals surface area contributed by atoms with Crippen LogP contribution >= 0.6 is 0 Å². The Bertz CT molecular complexity index is 1300. The van der Waals surface area contributed by atoms with E-state index in [1.165, 1.54) is 28.9 Å². The van der Waals surface area contributed by atoms with Gasteiger partial charge in [-0.15, -0.1) is 0 Å². The number of pyridine rings is 1. The van der Waals surface area contributed by atoms with E-state index < -0.39 is 11.2 Å². The molecule has 0 bridgehead atoms. The predicted octanol–water partition coefficient (Wildman–Crippen LogP) is 1.27. The molecule has 3 heterocycles. The fourth-order valence-electron chi connectivity index (χ4n) is 4.39. The maximum Gasteiger partial charge on any atom is 0.332 e. The largest absolute Gasteiger partial charge is 0.369 e. The van der Waals surface area contributed by atoms with Gasteiger partial charge in [-0.1, -0.05) is 12.1 Å². The van der Waals surface area contributed by atoms with Gasteiger partial charge in [0.2, 0.25) is 0 Å². The van der Waals surface area contributed by atoms with E-state index in [1.807, 2.05) is 0 Å². The van der Waals surface area contributed by atoms with Gasteiger partial charge in [0, 0.05) is 52.5 Å². The molecule has 0 radical (unpaired) electrons. The van der Waals surface area contributed by atoms with E-state index in [4.69, 9.17) is 0 Å². The average molecular weight is 465 g/mol. The molecule has 180 valence electrons. The van der Waals surface area contributed by atoms with Crippen LogP contribution in [0, 0.1) is 6.92 Å². The van der Waals surface area contributed by atoms with Crippen LogP contribution in [0.3, 0.4) is 0 Å². The van der Waals surface area contributed by atoms with Crippen molar-refractivity contribution in [3.63, 3.8) is 0 Å². The van der Waals surface area contributed by atoms with E-state index in [-0.39, 0.29) is 17.2 Å². The number of hydrogen-bond acceptors (Lipinski definition) is 6. The molecule has 0 spiro atoms. The first kappa shape index (κ1) is 23.7. The highest BCUT2D eigenvalue weighted by molar-refractivity contribution is 5.94. The summed E-state index contributed by atoms with van der Waals surface area (Å²) >= 11 is 0. The molecule has 0 unspecified atom stereocenters. The Morgan fingerprint density at radius 2 is 1.76 bits per heavy atom. The van der Waals surface area contributed by atoms with Gasteiger partial charge in [-0.25, -0.2) is 9.78 Å². The van der Waals surface area contributed by atoms with Crippen LogP contribution in [-0.2, 0) is 14.1 Å². The van der Waals surface area contributed by atoms with Crippen molar-refractivity contribution in [2.45, 2.75) is 19.8 Å². The lowest BCUT2D eigenvalue weighted by atomic mass is 10.2. The summed E-state index contributed by atoms with van der Waals surface area (Å²) < 4.78 is 2.32. The molecular weight excluding hydrogens is 432 g/mol. The van der Waals surface area contributed by atoms with Crippen molar-refractivity contribution in [3.8, 4) is 0 Å². The first-order valence-corrected chi connectivity index (χ1v) is 11.7. The van der Waals surface area contributed by atoms with Crippen LogP contribution in [0.15, 0.2) is 46.0 Å². The topological polar surface area (TPSA) is 92.5 Å². The van der Waals surface area contributed by atoms with E-state index in [0.717, 1.165) is 50.1 Å². The van der Waals surface area contributed by atoms with Gasteiger partial charge in [0.25, 0.3) is 11.5 Å². The lowest BCUT2D eigenvalue weighted by Crippen LogP contribution is -2.46. The number of hydrogen-bond donors (Lipinski definition) is 1. The molecule has 1 amide bonds. The molecule has 1 fully saturated rings. The predicted molar refractivity (Wildman–Crippen MR) is 134 cm³/mol. The van der Waals surface area contributed by atoms with Crippen molar-refractivity contribution in [2.75, 3.05) is 44.2 Å². The minimum atomic E-state index is -0.470. The normalized spacial score (nSPS) is 14.5. The molecule has 1 saturated heterocycles. The number of piperazine rings is 1. The van der Waals surface area contributed by atoms with E-state index in [2.05, 4.69) is 51.3 Å². The molecule has 0 aliphatic carbocycles. The Labute approximate surface area is 198 Å². The van der Waals surface area contributed by atoms with Crippen LogP contribution in [-0.4, -0.2) is 64.2 Å². The molecule has 2 aromatic heterocycles. The fourth-order valence-corrected chi connectivity index (χ4v) is 4.39. The molecule has 34 heavy (non-hydrogen) atoms. The van der Waals surface area contributed by atoms with Crippen LogP contribution in [0.1, 0.15) is 28.9 Å². The minimum absolute atomic E-state index is 0.197. The molecule has 9 nitrogen and oxygen atoms in total. The lowest BCUT2D eigenvalue weighted by Gasteiger charge is -2.36. The van der Waals surface area contributed by atoms with Gasteiger partial charge in [-0.2, -0.15) is 0 Å². The van der Waals surface area contributed by atoms with E-state index >= 15 is 0 Å². The number of nitrogens with one attached hydrogen (secondary N) is 1. The quantitative estimate of drug-likeness (QED) is 0.530. The second-order valence-electron chi connectivity index (χ2n) is 8.90. The summed E-state index contributed by atoms with van der Waals surface area (Å²) in [6.45, 7) is 7.82. The van der Waals surface area contributed by atoms with Crippen LogP contribution in [0.5, 0.6) is 0 Å². The van der Waals surface area contributed by atoms with Gasteiger partial charge in [-0.05, 0) is 56.1 Å². The summed E-state index contributed by atoms with van der Waals surface area (Å²) in [6.07, 6.45) is 1.87. The number of carbonyl (C=O) groups is 1. The number of nitrogens with zero attached hydrogens (tertiary/aromatic N) is 5. The summed E-state index contributed by atoms with van der Waals surface area (Å²) in [5, 5.41) is 3.21. The number of carbonyl (C=O) groups excluding carboxylic acids is 1. The summed E-state index contributed by atoms with van der Waals surface area (Å²) in [4.78, 5) is 46.1. The molecule has 4 rings (SSSR count). The number of rotatable bonds is 7. The average Bonchev–Trinajstić information content (AvgIpc) is 2.86. The molecule has 1 aromatic carbocycles. The summed E-state index contributed by atoms with van der Waals surface area (Å²) in [5.74, 6) is -0.304. The lowest BCUT2D eigenvalue weighted by molar-refractivity contribution is 0.0948.